The maximum Gasteiger partial charge on any atom is 0.290 e. The van der Waals surface area contributed by atoms with Gasteiger partial charge in [0.25, 0.3) is 5.91 Å². The highest BCUT2D eigenvalue weighted by Gasteiger charge is 2.36. The molecule has 1 aliphatic rings. The summed E-state index contributed by atoms with van der Waals surface area (Å²) in [5.74, 6) is 0.812. The van der Waals surface area contributed by atoms with Crippen molar-refractivity contribution in [1.29, 1.82) is 0 Å². The summed E-state index contributed by atoms with van der Waals surface area (Å²) in [5, 5.41) is 0. The number of carbonyl (C=O) groups is 1. The lowest BCUT2D eigenvalue weighted by Gasteiger charge is -2.27. The van der Waals surface area contributed by atoms with Crippen LogP contribution in [0.4, 0.5) is 0 Å². The molecular formula is C19H23NO5S. The van der Waals surface area contributed by atoms with Gasteiger partial charge in [0.2, 0.25) is 0 Å². The van der Waals surface area contributed by atoms with E-state index < -0.39 is 9.84 Å². The maximum atomic E-state index is 13.0. The van der Waals surface area contributed by atoms with Crippen LogP contribution >= 0.6 is 0 Å². The first-order valence-electron chi connectivity index (χ1n) is 8.76. The number of hydrogen-bond donors (Lipinski definition) is 0. The molecule has 1 amide bonds. The summed E-state index contributed by atoms with van der Waals surface area (Å²) < 4.78 is 34.8. The highest BCUT2D eigenvalue weighted by molar-refractivity contribution is 7.91. The zero-order chi connectivity index (χ0) is 18.6. The molecule has 1 fully saturated rings. The maximum absolute atomic E-state index is 13.0. The molecular weight excluding hydrogens is 354 g/mol. The van der Waals surface area contributed by atoms with E-state index >= 15 is 0 Å². The molecule has 2 heterocycles. The second kappa shape index (κ2) is 7.95. The molecule has 3 rings (SSSR count). The Bertz CT molecular complexity index is 844. The lowest BCUT2D eigenvalue weighted by Crippen LogP contribution is -2.41. The van der Waals surface area contributed by atoms with Crippen molar-refractivity contribution >= 4 is 15.7 Å². The number of nitrogens with zero attached hydrogens (tertiary/aromatic N) is 1. The Kier molecular flexibility index (Phi) is 5.66. The Hall–Kier alpha value is -2.28. The quantitative estimate of drug-likeness (QED) is 0.741. The van der Waals surface area contributed by atoms with Gasteiger partial charge in [-0.15, -0.1) is 0 Å². The van der Waals surface area contributed by atoms with Crippen molar-refractivity contribution in [3.8, 4) is 5.75 Å². The van der Waals surface area contributed by atoms with Crippen molar-refractivity contribution in [1.82, 2.24) is 4.90 Å². The molecule has 7 heteroatoms. The van der Waals surface area contributed by atoms with Crippen LogP contribution in [-0.2, 0) is 16.4 Å². The van der Waals surface area contributed by atoms with E-state index in [9.17, 15) is 13.2 Å². The van der Waals surface area contributed by atoms with Crippen molar-refractivity contribution in [3.05, 3.63) is 54.0 Å². The van der Waals surface area contributed by atoms with Crippen LogP contribution in [0.2, 0.25) is 0 Å². The fraction of sp³-hybridized carbons (Fsp3) is 0.421. The molecule has 0 saturated carbocycles. The van der Waals surface area contributed by atoms with Crippen LogP contribution in [-0.4, -0.2) is 43.3 Å². The first-order valence-corrected chi connectivity index (χ1v) is 10.6. The summed E-state index contributed by atoms with van der Waals surface area (Å²) in [4.78, 5) is 14.6. The highest BCUT2D eigenvalue weighted by atomic mass is 32.2. The standard InChI is InChI=1S/C19H23NO5S/c1-2-10-20(16-9-12-26(22,23)14-16)19(21)18-15(8-11-24-18)13-25-17-6-4-3-5-7-17/h3-8,11,16H,2,9-10,12-14H2,1H3. The normalized spacial score (nSPS) is 18.6. The number of ether oxygens (including phenoxy) is 1. The van der Waals surface area contributed by atoms with Crippen LogP contribution in [0.5, 0.6) is 5.75 Å². The number of para-hydroxylation sites is 1. The molecule has 1 unspecified atom stereocenters. The van der Waals surface area contributed by atoms with Crippen LogP contribution in [0, 0.1) is 0 Å². The molecule has 6 nitrogen and oxygen atoms in total. The van der Waals surface area contributed by atoms with Crippen LogP contribution in [0.3, 0.4) is 0 Å². The van der Waals surface area contributed by atoms with Gasteiger partial charge in [0.05, 0.1) is 17.8 Å². The molecule has 1 aromatic carbocycles. The number of sulfone groups is 1. The third-order valence-electron chi connectivity index (χ3n) is 4.45. The predicted molar refractivity (Wildman–Crippen MR) is 97.9 cm³/mol. The second-order valence-electron chi connectivity index (χ2n) is 6.43. The Labute approximate surface area is 153 Å². The van der Waals surface area contributed by atoms with Crippen molar-refractivity contribution in [2.45, 2.75) is 32.4 Å². The van der Waals surface area contributed by atoms with Gasteiger partial charge in [-0.2, -0.15) is 0 Å². The number of carbonyl (C=O) groups excluding carboxylic acids is 1. The second-order valence-corrected chi connectivity index (χ2v) is 8.66. The molecule has 1 atom stereocenters. The first-order chi connectivity index (χ1) is 12.5. The van der Waals surface area contributed by atoms with E-state index in [0.717, 1.165) is 6.42 Å². The third-order valence-corrected chi connectivity index (χ3v) is 6.20. The van der Waals surface area contributed by atoms with Gasteiger partial charge in [0.15, 0.2) is 15.6 Å². The van der Waals surface area contributed by atoms with E-state index in [1.807, 2.05) is 37.3 Å². The number of hydrogen-bond acceptors (Lipinski definition) is 5. The number of rotatable bonds is 7. The molecule has 0 radical (unpaired) electrons. The van der Waals surface area contributed by atoms with Crippen molar-refractivity contribution in [2.75, 3.05) is 18.1 Å². The van der Waals surface area contributed by atoms with Gasteiger partial charge in [-0.1, -0.05) is 25.1 Å². The van der Waals surface area contributed by atoms with Crippen molar-refractivity contribution < 1.29 is 22.4 Å². The minimum Gasteiger partial charge on any atom is -0.489 e. The molecule has 26 heavy (non-hydrogen) atoms. The summed E-state index contributed by atoms with van der Waals surface area (Å²) in [6, 6.07) is 10.8. The van der Waals surface area contributed by atoms with Crippen molar-refractivity contribution in [2.24, 2.45) is 0 Å². The summed E-state index contributed by atoms with van der Waals surface area (Å²) in [6.45, 7) is 2.68. The Balaban J connectivity index is 1.74. The Morgan fingerprint density at radius 1 is 1.27 bits per heavy atom. The summed E-state index contributed by atoms with van der Waals surface area (Å²) in [5.41, 5.74) is 0.654. The van der Waals surface area contributed by atoms with Gasteiger partial charge in [-0.25, -0.2) is 8.42 Å². The molecule has 1 saturated heterocycles. The summed E-state index contributed by atoms with van der Waals surface area (Å²) >= 11 is 0. The van der Waals surface area contributed by atoms with Crippen LogP contribution in [0.25, 0.3) is 0 Å². The molecule has 2 aromatic rings. The molecule has 140 valence electrons. The molecule has 0 bridgehead atoms. The predicted octanol–water partition coefficient (Wildman–Crippen LogP) is 2.90. The van der Waals surface area contributed by atoms with Gasteiger partial charge >= 0.3 is 0 Å². The van der Waals surface area contributed by atoms with Gasteiger partial charge in [-0.3, -0.25) is 4.79 Å². The van der Waals surface area contributed by atoms with Crippen LogP contribution < -0.4 is 4.74 Å². The highest BCUT2D eigenvalue weighted by Crippen LogP contribution is 2.23. The number of amides is 1. The first kappa shape index (κ1) is 18.5. The van der Waals surface area contributed by atoms with E-state index in [-0.39, 0.29) is 35.8 Å². The Morgan fingerprint density at radius 3 is 2.69 bits per heavy atom. The summed E-state index contributed by atoms with van der Waals surface area (Å²) in [7, 11) is -3.07. The van der Waals surface area contributed by atoms with E-state index in [2.05, 4.69) is 0 Å². The average Bonchev–Trinajstić information content (AvgIpc) is 3.24. The monoisotopic (exact) mass is 377 g/mol. The van der Waals surface area contributed by atoms with Gasteiger partial charge < -0.3 is 14.1 Å². The topological polar surface area (TPSA) is 76.8 Å². The Morgan fingerprint density at radius 2 is 2.04 bits per heavy atom. The SMILES string of the molecule is CCCN(C(=O)c1occc1COc1ccccc1)C1CCS(=O)(=O)C1. The van der Waals surface area contributed by atoms with Gasteiger partial charge in [-0.05, 0) is 31.0 Å². The molecule has 1 aromatic heterocycles. The minimum absolute atomic E-state index is 0.0231. The molecule has 1 aliphatic heterocycles. The molecule has 0 N–H and O–H groups in total. The number of furan rings is 1. The van der Waals surface area contributed by atoms with Gasteiger partial charge in [0.1, 0.15) is 12.4 Å². The minimum atomic E-state index is -3.07. The average molecular weight is 377 g/mol. The van der Waals surface area contributed by atoms with Crippen LogP contribution in [0.15, 0.2) is 47.1 Å². The lowest BCUT2D eigenvalue weighted by molar-refractivity contribution is 0.0660. The zero-order valence-corrected chi connectivity index (χ0v) is 15.6. The van der Waals surface area contributed by atoms with E-state index in [1.54, 1.807) is 11.0 Å². The van der Waals surface area contributed by atoms with E-state index in [4.69, 9.17) is 9.15 Å². The molecule has 0 spiro atoms. The van der Waals surface area contributed by atoms with Gasteiger partial charge in [0, 0.05) is 18.2 Å². The van der Waals surface area contributed by atoms with E-state index in [1.165, 1.54) is 6.26 Å². The molecule has 0 aliphatic carbocycles. The van der Waals surface area contributed by atoms with E-state index in [0.29, 0.717) is 24.3 Å². The van der Waals surface area contributed by atoms with Crippen LogP contribution in [0.1, 0.15) is 35.9 Å². The lowest BCUT2D eigenvalue weighted by atomic mass is 10.1. The third kappa shape index (κ3) is 4.27. The largest absolute Gasteiger partial charge is 0.489 e. The zero-order valence-electron chi connectivity index (χ0n) is 14.8. The fourth-order valence-electron chi connectivity index (χ4n) is 3.16. The summed E-state index contributed by atoms with van der Waals surface area (Å²) in [6.07, 6.45) is 2.69. The number of benzene rings is 1. The van der Waals surface area contributed by atoms with Crippen molar-refractivity contribution in [3.63, 3.8) is 0 Å². The fourth-order valence-corrected chi connectivity index (χ4v) is 4.89. The smallest absolute Gasteiger partial charge is 0.290 e.